The van der Waals surface area contributed by atoms with Gasteiger partial charge in [0.05, 0.1) is 18.9 Å². The summed E-state index contributed by atoms with van der Waals surface area (Å²) < 4.78 is 12.7. The molecule has 1 aliphatic rings. The molecule has 1 unspecified atom stereocenters. The zero-order valence-electron chi connectivity index (χ0n) is 20.6. The molecule has 9 nitrogen and oxygen atoms in total. The summed E-state index contributed by atoms with van der Waals surface area (Å²) in [6.07, 6.45) is 1.92. The Hall–Kier alpha value is -3.79. The van der Waals surface area contributed by atoms with Crippen molar-refractivity contribution in [2.75, 3.05) is 12.9 Å². The Morgan fingerprint density at radius 1 is 1.19 bits per heavy atom. The van der Waals surface area contributed by atoms with Crippen LogP contribution in [-0.4, -0.2) is 50.1 Å². The van der Waals surface area contributed by atoms with Gasteiger partial charge >= 0.3 is 6.09 Å². The second-order valence-electron chi connectivity index (χ2n) is 9.48. The summed E-state index contributed by atoms with van der Waals surface area (Å²) in [4.78, 5) is 16.1. The van der Waals surface area contributed by atoms with E-state index in [0.717, 1.165) is 33.5 Å². The minimum atomic E-state index is -0.632. The highest BCUT2D eigenvalue weighted by Crippen LogP contribution is 2.30. The van der Waals surface area contributed by atoms with Crippen LogP contribution in [0.4, 0.5) is 4.79 Å². The van der Waals surface area contributed by atoms with Crippen molar-refractivity contribution >= 4 is 34.5 Å². The summed E-state index contributed by atoms with van der Waals surface area (Å²) in [5, 5.41) is 18.4. The van der Waals surface area contributed by atoms with E-state index in [-0.39, 0.29) is 0 Å². The molecule has 0 saturated carbocycles. The smallest absolute Gasteiger partial charge is 0.408 e. The first-order valence-corrected chi connectivity index (χ1v) is 12.6. The quantitative estimate of drug-likeness (QED) is 0.385. The standard InChI is InChI=1S/C26H28N6O3S/c1-26(2,3)35-25(33)28-21(13-17-14-27-20-11-6-5-10-19(17)20)23-29-30-24-32(23)31-22(15-36-24)16-8-7-9-18(12-16)34-4/h5-12,14,21,27H,13,15H2,1-4H3,(H,28,33). The fraction of sp³-hybridized carbons (Fsp3) is 0.308. The molecule has 0 spiro atoms. The number of para-hydroxylation sites is 1. The molecule has 1 aliphatic heterocycles. The van der Waals surface area contributed by atoms with Crippen molar-refractivity contribution in [2.45, 2.75) is 44.0 Å². The van der Waals surface area contributed by atoms with Crippen molar-refractivity contribution in [1.29, 1.82) is 0 Å². The van der Waals surface area contributed by atoms with Gasteiger partial charge in [-0.25, -0.2) is 4.79 Å². The molecule has 186 valence electrons. The second kappa shape index (κ2) is 9.69. The van der Waals surface area contributed by atoms with Gasteiger partial charge in [-0.3, -0.25) is 0 Å². The van der Waals surface area contributed by atoms with Crippen LogP contribution in [-0.2, 0) is 11.2 Å². The number of H-pyrrole nitrogens is 1. The van der Waals surface area contributed by atoms with Gasteiger partial charge in [0.15, 0.2) is 5.82 Å². The maximum atomic E-state index is 12.8. The van der Waals surface area contributed by atoms with Gasteiger partial charge in [-0.15, -0.1) is 10.2 Å². The molecular formula is C26H28N6O3S. The molecule has 0 aliphatic carbocycles. The number of hydrogen-bond donors (Lipinski definition) is 2. The van der Waals surface area contributed by atoms with Crippen molar-refractivity contribution in [3.63, 3.8) is 0 Å². The Kier molecular flexibility index (Phi) is 6.44. The Labute approximate surface area is 213 Å². The highest BCUT2D eigenvalue weighted by Gasteiger charge is 2.29. The largest absolute Gasteiger partial charge is 0.497 e. The van der Waals surface area contributed by atoms with Crippen LogP contribution in [0.25, 0.3) is 10.9 Å². The van der Waals surface area contributed by atoms with Crippen LogP contribution < -0.4 is 10.1 Å². The van der Waals surface area contributed by atoms with Crippen LogP contribution >= 0.6 is 11.8 Å². The highest BCUT2D eigenvalue weighted by atomic mass is 32.2. The van der Waals surface area contributed by atoms with Crippen LogP contribution in [0.2, 0.25) is 0 Å². The number of carbonyl (C=O) groups excluding carboxylic acids is 1. The van der Waals surface area contributed by atoms with E-state index >= 15 is 0 Å². The van der Waals surface area contributed by atoms with Gasteiger partial charge in [0, 0.05) is 34.8 Å². The van der Waals surface area contributed by atoms with E-state index < -0.39 is 17.7 Å². The second-order valence-corrected chi connectivity index (χ2v) is 10.4. The number of aromatic nitrogens is 4. The Morgan fingerprint density at radius 3 is 2.83 bits per heavy atom. The van der Waals surface area contributed by atoms with Crippen molar-refractivity contribution < 1.29 is 14.3 Å². The van der Waals surface area contributed by atoms with Gasteiger partial charge in [-0.2, -0.15) is 9.78 Å². The zero-order valence-corrected chi connectivity index (χ0v) is 21.4. The molecule has 0 fully saturated rings. The number of aromatic amines is 1. The number of thioether (sulfide) groups is 1. The molecule has 0 radical (unpaired) electrons. The lowest BCUT2D eigenvalue weighted by atomic mass is 10.0. The molecule has 0 bridgehead atoms. The third kappa shape index (κ3) is 5.08. The number of alkyl carbamates (subject to hydrolysis) is 1. The Balaban J connectivity index is 1.52. The van der Waals surface area contributed by atoms with Crippen LogP contribution in [0.3, 0.4) is 0 Å². The number of fused-ring (bicyclic) bond motifs is 2. The van der Waals surface area contributed by atoms with Crippen molar-refractivity contribution in [1.82, 2.24) is 25.2 Å². The molecule has 1 amide bonds. The van der Waals surface area contributed by atoms with Crippen LogP contribution in [0.15, 0.2) is 65.0 Å². The minimum absolute atomic E-state index is 0.482. The van der Waals surface area contributed by atoms with Crippen LogP contribution in [0.1, 0.15) is 43.8 Å². The van der Waals surface area contributed by atoms with E-state index in [2.05, 4.69) is 26.6 Å². The third-order valence-corrected chi connectivity index (χ3v) is 6.63. The van der Waals surface area contributed by atoms with Crippen molar-refractivity contribution in [3.8, 4) is 5.75 Å². The van der Waals surface area contributed by atoms with E-state index in [1.54, 1.807) is 23.5 Å². The number of nitrogens with one attached hydrogen (secondary N) is 2. The van der Waals surface area contributed by atoms with Crippen LogP contribution in [0.5, 0.6) is 5.75 Å². The number of methoxy groups -OCH3 is 1. The van der Waals surface area contributed by atoms with E-state index in [4.69, 9.17) is 14.6 Å². The predicted octanol–water partition coefficient (Wildman–Crippen LogP) is 4.93. The summed E-state index contributed by atoms with van der Waals surface area (Å²) in [6, 6.07) is 15.3. The number of rotatable bonds is 6. The van der Waals surface area contributed by atoms with Crippen LogP contribution in [0, 0.1) is 0 Å². The van der Waals surface area contributed by atoms with Gasteiger partial charge < -0.3 is 19.8 Å². The summed E-state index contributed by atoms with van der Waals surface area (Å²) in [5.41, 5.74) is 3.27. The maximum Gasteiger partial charge on any atom is 0.408 e. The van der Waals surface area contributed by atoms with Gasteiger partial charge in [-0.05, 0) is 44.5 Å². The number of amides is 1. The summed E-state index contributed by atoms with van der Waals surface area (Å²) >= 11 is 1.55. The van der Waals surface area contributed by atoms with E-state index in [9.17, 15) is 4.79 Å². The first kappa shape index (κ1) is 23.9. The molecule has 2 aromatic heterocycles. The summed E-state index contributed by atoms with van der Waals surface area (Å²) in [7, 11) is 1.64. The van der Waals surface area contributed by atoms with Gasteiger partial charge in [0.25, 0.3) is 0 Å². The van der Waals surface area contributed by atoms with E-state index in [1.807, 2.05) is 69.4 Å². The number of nitrogens with zero attached hydrogens (tertiary/aromatic N) is 4. The average Bonchev–Trinajstić information content (AvgIpc) is 3.46. The molecule has 5 rings (SSSR count). The molecule has 2 aromatic carbocycles. The topological polar surface area (TPSA) is 106 Å². The first-order chi connectivity index (χ1) is 17.3. The number of benzene rings is 2. The molecule has 1 atom stereocenters. The fourth-order valence-corrected chi connectivity index (χ4v) is 4.93. The van der Waals surface area contributed by atoms with E-state index in [1.165, 1.54) is 0 Å². The van der Waals surface area contributed by atoms with Gasteiger partial charge in [0.2, 0.25) is 5.16 Å². The first-order valence-electron chi connectivity index (χ1n) is 11.7. The van der Waals surface area contributed by atoms with E-state index in [0.29, 0.717) is 23.2 Å². The molecule has 3 heterocycles. The molecule has 4 aromatic rings. The molecular weight excluding hydrogens is 476 g/mol. The lowest BCUT2D eigenvalue weighted by Gasteiger charge is -2.24. The molecule has 36 heavy (non-hydrogen) atoms. The monoisotopic (exact) mass is 504 g/mol. The average molecular weight is 505 g/mol. The number of ether oxygens (including phenoxy) is 2. The normalized spacial score (nSPS) is 14.2. The number of carbonyl (C=O) groups is 1. The fourth-order valence-electron chi connectivity index (χ4n) is 4.08. The summed E-state index contributed by atoms with van der Waals surface area (Å²) in [6.45, 7) is 5.50. The SMILES string of the molecule is COc1cccc(C2=Nn3c(nnc3C(Cc3c[nH]c4ccccc34)NC(=O)OC(C)(C)C)SC2)c1. The summed E-state index contributed by atoms with van der Waals surface area (Å²) in [5.74, 6) is 1.95. The molecule has 10 heteroatoms. The predicted molar refractivity (Wildman–Crippen MR) is 140 cm³/mol. The van der Waals surface area contributed by atoms with Gasteiger partial charge in [0.1, 0.15) is 11.4 Å². The zero-order chi connectivity index (χ0) is 25.3. The Bertz CT molecular complexity index is 1430. The lowest BCUT2D eigenvalue weighted by Crippen LogP contribution is -2.37. The number of hydrogen-bond acceptors (Lipinski definition) is 7. The Morgan fingerprint density at radius 2 is 2.03 bits per heavy atom. The lowest BCUT2D eigenvalue weighted by molar-refractivity contribution is 0.0500. The van der Waals surface area contributed by atoms with Crippen molar-refractivity contribution in [2.24, 2.45) is 5.10 Å². The maximum absolute atomic E-state index is 12.8. The highest BCUT2D eigenvalue weighted by molar-refractivity contribution is 7.99. The molecule has 2 N–H and O–H groups in total. The minimum Gasteiger partial charge on any atom is -0.497 e. The third-order valence-electron chi connectivity index (χ3n) is 5.70. The molecule has 0 saturated heterocycles. The van der Waals surface area contributed by atoms with Gasteiger partial charge in [-0.1, -0.05) is 42.1 Å². The van der Waals surface area contributed by atoms with Crippen molar-refractivity contribution in [3.05, 3.63) is 71.7 Å².